The molecule has 30 heavy (non-hydrogen) atoms. The third-order valence-electron chi connectivity index (χ3n) is 5.28. The second-order valence-corrected chi connectivity index (χ2v) is 7.50. The molecule has 152 valence electrons. The minimum atomic E-state index is -0.426. The van der Waals surface area contributed by atoms with E-state index in [9.17, 15) is 4.79 Å². The number of anilines is 1. The van der Waals surface area contributed by atoms with Crippen molar-refractivity contribution in [3.8, 4) is 16.9 Å². The number of hydrogen-bond acceptors (Lipinski definition) is 5. The molecule has 1 amide bonds. The average molecular weight is 402 g/mol. The Balaban J connectivity index is 1.98. The summed E-state index contributed by atoms with van der Waals surface area (Å²) >= 11 is 0. The second kappa shape index (κ2) is 7.19. The first-order valence-corrected chi connectivity index (χ1v) is 9.52. The molecule has 2 N–H and O–H groups in total. The number of carbonyl (C=O) groups is 1. The molecule has 0 radical (unpaired) electrons. The van der Waals surface area contributed by atoms with Gasteiger partial charge < -0.3 is 20.2 Å². The van der Waals surface area contributed by atoms with Gasteiger partial charge in [0, 0.05) is 29.9 Å². The Kier molecular flexibility index (Phi) is 4.66. The molecule has 0 aliphatic carbocycles. The Labute approximate surface area is 174 Å². The van der Waals surface area contributed by atoms with Crippen LogP contribution in [0, 0.1) is 13.5 Å². The van der Waals surface area contributed by atoms with Crippen molar-refractivity contribution in [2.75, 3.05) is 12.8 Å². The third kappa shape index (κ3) is 3.14. The van der Waals surface area contributed by atoms with Gasteiger partial charge >= 0.3 is 0 Å². The zero-order valence-electron chi connectivity index (χ0n) is 17.3. The van der Waals surface area contributed by atoms with Gasteiger partial charge in [0.05, 0.1) is 13.6 Å². The lowest BCUT2D eigenvalue weighted by molar-refractivity contribution is 0.0778. The molecule has 1 atom stereocenters. The fourth-order valence-electron chi connectivity index (χ4n) is 3.76. The van der Waals surface area contributed by atoms with E-state index in [1.54, 1.807) is 31.3 Å². The van der Waals surface area contributed by atoms with Crippen molar-refractivity contribution in [1.82, 2.24) is 19.7 Å². The van der Waals surface area contributed by atoms with Crippen LogP contribution in [0.2, 0.25) is 0 Å². The molecule has 0 fully saturated rings. The lowest BCUT2D eigenvalue weighted by Crippen LogP contribution is -2.28. The highest BCUT2D eigenvalue weighted by Gasteiger charge is 2.27. The van der Waals surface area contributed by atoms with Crippen molar-refractivity contribution in [3.63, 3.8) is 0 Å². The first-order chi connectivity index (χ1) is 14.3. The minimum absolute atomic E-state index is 0.142. The first kappa shape index (κ1) is 19.5. The van der Waals surface area contributed by atoms with Crippen molar-refractivity contribution in [3.05, 3.63) is 64.3 Å². The molecule has 8 heteroatoms. The lowest BCUT2D eigenvalue weighted by atomic mass is 9.98. The van der Waals surface area contributed by atoms with E-state index in [1.165, 1.54) is 4.68 Å². The fraction of sp³-hybridized carbons (Fsp3) is 0.273. The van der Waals surface area contributed by atoms with Crippen LogP contribution in [-0.4, -0.2) is 32.6 Å². The fourth-order valence-corrected chi connectivity index (χ4v) is 3.76. The molecule has 3 heterocycles. The highest BCUT2D eigenvalue weighted by molar-refractivity contribution is 5.96. The standard InChI is InChI=1S/C22H22N6O2/c1-12-6-7-15-16(8-12)13(2)30-18-9-14(10-25-20(18)23)19-17(11-27(4)22(15)29)26-28(5)21(19)24-3/h6-10,13H,11H2,1-2,4-5H3,(H2,23,25)/t13-/m1/s1. The first-order valence-electron chi connectivity index (χ1n) is 9.52. The molecule has 2 aromatic heterocycles. The molecule has 0 saturated heterocycles. The van der Waals surface area contributed by atoms with E-state index in [4.69, 9.17) is 17.0 Å². The summed E-state index contributed by atoms with van der Waals surface area (Å²) in [5.74, 6) is 0.871. The van der Waals surface area contributed by atoms with Gasteiger partial charge in [0.2, 0.25) is 0 Å². The highest BCUT2D eigenvalue weighted by atomic mass is 16.5. The van der Waals surface area contributed by atoms with Crippen molar-refractivity contribution < 1.29 is 9.53 Å². The molecule has 3 aromatic rings. The molecule has 1 aliphatic rings. The molecule has 8 nitrogen and oxygen atoms in total. The van der Waals surface area contributed by atoms with E-state index in [2.05, 4.69) is 14.9 Å². The number of pyridine rings is 1. The largest absolute Gasteiger partial charge is 0.482 e. The van der Waals surface area contributed by atoms with Crippen LogP contribution in [0.4, 0.5) is 11.6 Å². The van der Waals surface area contributed by atoms with Gasteiger partial charge in [-0.3, -0.25) is 4.79 Å². The number of ether oxygens (including phenoxy) is 1. The molecule has 4 rings (SSSR count). The van der Waals surface area contributed by atoms with E-state index in [1.807, 2.05) is 32.0 Å². The maximum absolute atomic E-state index is 13.3. The number of nitrogen functional groups attached to an aromatic ring is 1. The summed E-state index contributed by atoms with van der Waals surface area (Å²) in [5, 5.41) is 4.50. The number of rotatable bonds is 0. The number of benzene rings is 1. The van der Waals surface area contributed by atoms with Crippen molar-refractivity contribution >= 4 is 17.5 Å². The number of carbonyl (C=O) groups excluding carboxylic acids is 1. The molecule has 1 aromatic carbocycles. The summed E-state index contributed by atoms with van der Waals surface area (Å²) in [6.07, 6.45) is 1.18. The lowest BCUT2D eigenvalue weighted by Gasteiger charge is -2.24. The van der Waals surface area contributed by atoms with Crippen LogP contribution in [0.25, 0.3) is 16.0 Å². The smallest absolute Gasteiger partial charge is 0.260 e. The average Bonchev–Trinajstić information content (AvgIpc) is 3.03. The van der Waals surface area contributed by atoms with Gasteiger partial charge in [-0.1, -0.05) is 24.3 Å². The second-order valence-electron chi connectivity index (χ2n) is 7.50. The molecular formula is C22H22N6O2. The summed E-state index contributed by atoms with van der Waals surface area (Å²) in [6, 6.07) is 7.46. The SMILES string of the molecule is [C-]#[N+]c1c2c(nn1C)CN(C)C(=O)c1ccc(C)cc1[C@@H](C)Oc1cc-2cnc1N. The molecule has 0 saturated carbocycles. The summed E-state index contributed by atoms with van der Waals surface area (Å²) in [7, 11) is 3.44. The summed E-state index contributed by atoms with van der Waals surface area (Å²) in [5.41, 5.74) is 10.4. The van der Waals surface area contributed by atoms with Crippen LogP contribution in [0.5, 0.6) is 5.75 Å². The Hall–Kier alpha value is -3.86. The number of aromatic nitrogens is 3. The van der Waals surface area contributed by atoms with Gasteiger partial charge in [-0.05, 0) is 31.5 Å². The Morgan fingerprint density at radius 1 is 1.30 bits per heavy atom. The highest BCUT2D eigenvalue weighted by Crippen LogP contribution is 2.38. The van der Waals surface area contributed by atoms with E-state index in [0.29, 0.717) is 34.0 Å². The van der Waals surface area contributed by atoms with E-state index in [-0.39, 0.29) is 18.3 Å². The molecule has 1 aliphatic heterocycles. The van der Waals surface area contributed by atoms with E-state index < -0.39 is 6.10 Å². The zero-order valence-corrected chi connectivity index (χ0v) is 17.3. The molecule has 0 spiro atoms. The number of nitrogens with two attached hydrogens (primary N) is 1. The van der Waals surface area contributed by atoms with E-state index >= 15 is 0 Å². The number of fused-ring (bicyclic) bond motifs is 5. The van der Waals surface area contributed by atoms with Gasteiger partial charge in [-0.15, -0.1) is 5.10 Å². The predicted molar refractivity (Wildman–Crippen MR) is 113 cm³/mol. The minimum Gasteiger partial charge on any atom is -0.482 e. The maximum atomic E-state index is 13.3. The summed E-state index contributed by atoms with van der Waals surface area (Å²) < 4.78 is 7.68. The van der Waals surface area contributed by atoms with Crippen LogP contribution < -0.4 is 10.5 Å². The summed E-state index contributed by atoms with van der Waals surface area (Å²) in [4.78, 5) is 22.8. The maximum Gasteiger partial charge on any atom is 0.260 e. The summed E-state index contributed by atoms with van der Waals surface area (Å²) in [6.45, 7) is 11.7. The van der Waals surface area contributed by atoms with Gasteiger partial charge in [0.25, 0.3) is 11.7 Å². The monoisotopic (exact) mass is 402 g/mol. The van der Waals surface area contributed by atoms with Gasteiger partial charge in [0.1, 0.15) is 11.8 Å². The van der Waals surface area contributed by atoms with Crippen LogP contribution in [0.3, 0.4) is 0 Å². The molecule has 0 unspecified atom stereocenters. The van der Waals surface area contributed by atoms with Crippen LogP contribution in [0.1, 0.15) is 40.2 Å². The van der Waals surface area contributed by atoms with Gasteiger partial charge in [-0.25, -0.2) is 9.67 Å². The normalized spacial score (nSPS) is 15.9. The van der Waals surface area contributed by atoms with Crippen LogP contribution >= 0.6 is 0 Å². The van der Waals surface area contributed by atoms with Crippen molar-refractivity contribution in [2.24, 2.45) is 7.05 Å². The van der Waals surface area contributed by atoms with Crippen LogP contribution in [-0.2, 0) is 13.6 Å². The molecular weight excluding hydrogens is 380 g/mol. The van der Waals surface area contributed by atoms with Crippen LogP contribution in [0.15, 0.2) is 30.5 Å². The predicted octanol–water partition coefficient (Wildman–Crippen LogP) is 3.65. The Bertz CT molecular complexity index is 1210. The number of nitrogens with zero attached hydrogens (tertiary/aromatic N) is 5. The zero-order chi connectivity index (χ0) is 21.6. The third-order valence-corrected chi connectivity index (χ3v) is 5.28. The number of amides is 1. The number of hydrogen-bond donors (Lipinski definition) is 1. The number of aryl methyl sites for hydroxylation is 2. The van der Waals surface area contributed by atoms with E-state index in [0.717, 1.165) is 11.1 Å². The quantitative estimate of drug-likeness (QED) is 0.580. The van der Waals surface area contributed by atoms with Crippen molar-refractivity contribution in [2.45, 2.75) is 26.5 Å². The van der Waals surface area contributed by atoms with Gasteiger partial charge in [-0.2, -0.15) is 0 Å². The molecule has 2 bridgehead atoms. The van der Waals surface area contributed by atoms with Gasteiger partial charge in [0.15, 0.2) is 11.6 Å². The topological polar surface area (TPSA) is 90.6 Å². The van der Waals surface area contributed by atoms with Crippen molar-refractivity contribution in [1.29, 1.82) is 0 Å². The Morgan fingerprint density at radius 2 is 2.07 bits per heavy atom. The Morgan fingerprint density at radius 3 is 2.80 bits per heavy atom.